The molecule has 0 radical (unpaired) electrons. The third kappa shape index (κ3) is 3.54. The Labute approximate surface area is 117 Å². The molecule has 0 heterocycles. The highest BCUT2D eigenvalue weighted by Crippen LogP contribution is 2.30. The number of carbonyl (C=O) groups is 1. The second-order valence-corrected chi connectivity index (χ2v) is 5.61. The third-order valence-corrected chi connectivity index (χ3v) is 3.83. The van der Waals surface area contributed by atoms with Crippen molar-refractivity contribution in [3.8, 4) is 0 Å². The molecular formula is C15H19F2NO2. The SMILES string of the molecule is CN(CC1(O)CCCC1)C(=O)Cc1ccc(F)c(F)c1. The van der Waals surface area contributed by atoms with Crippen LogP contribution in [0.2, 0.25) is 0 Å². The lowest BCUT2D eigenvalue weighted by Gasteiger charge is -2.28. The molecule has 1 N–H and O–H groups in total. The van der Waals surface area contributed by atoms with E-state index in [1.807, 2.05) is 0 Å². The number of aliphatic hydroxyl groups is 1. The van der Waals surface area contributed by atoms with Crippen molar-refractivity contribution in [2.75, 3.05) is 13.6 Å². The summed E-state index contributed by atoms with van der Waals surface area (Å²) in [6, 6.07) is 3.45. The fourth-order valence-corrected chi connectivity index (χ4v) is 2.68. The van der Waals surface area contributed by atoms with Gasteiger partial charge in [-0.25, -0.2) is 8.78 Å². The average molecular weight is 283 g/mol. The largest absolute Gasteiger partial charge is 0.388 e. The molecule has 0 saturated heterocycles. The van der Waals surface area contributed by atoms with Gasteiger partial charge in [-0.15, -0.1) is 0 Å². The lowest BCUT2D eigenvalue weighted by molar-refractivity contribution is -0.132. The lowest BCUT2D eigenvalue weighted by atomic mass is 10.0. The van der Waals surface area contributed by atoms with Gasteiger partial charge in [0.15, 0.2) is 11.6 Å². The van der Waals surface area contributed by atoms with Crippen LogP contribution in [0.15, 0.2) is 18.2 Å². The molecule has 1 amide bonds. The van der Waals surface area contributed by atoms with Crippen LogP contribution in [-0.2, 0) is 11.2 Å². The Morgan fingerprint density at radius 1 is 1.30 bits per heavy atom. The van der Waals surface area contributed by atoms with Crippen LogP contribution in [0.25, 0.3) is 0 Å². The molecule has 0 aliphatic heterocycles. The lowest BCUT2D eigenvalue weighted by Crippen LogP contribution is -2.42. The van der Waals surface area contributed by atoms with Gasteiger partial charge in [0.1, 0.15) is 0 Å². The van der Waals surface area contributed by atoms with Gasteiger partial charge in [0.2, 0.25) is 5.91 Å². The minimum Gasteiger partial charge on any atom is -0.388 e. The number of halogens is 2. The Kier molecular flexibility index (Phi) is 4.38. The molecular weight excluding hydrogens is 264 g/mol. The Morgan fingerprint density at radius 3 is 2.55 bits per heavy atom. The molecule has 0 unspecified atom stereocenters. The fourth-order valence-electron chi connectivity index (χ4n) is 2.68. The van der Waals surface area contributed by atoms with E-state index in [2.05, 4.69) is 0 Å². The monoisotopic (exact) mass is 283 g/mol. The molecule has 1 aliphatic rings. The highest BCUT2D eigenvalue weighted by Gasteiger charge is 2.33. The van der Waals surface area contributed by atoms with Gasteiger partial charge >= 0.3 is 0 Å². The highest BCUT2D eigenvalue weighted by atomic mass is 19.2. The van der Waals surface area contributed by atoms with E-state index in [9.17, 15) is 18.7 Å². The predicted molar refractivity (Wildman–Crippen MR) is 71.1 cm³/mol. The maximum Gasteiger partial charge on any atom is 0.226 e. The molecule has 20 heavy (non-hydrogen) atoms. The summed E-state index contributed by atoms with van der Waals surface area (Å²) in [6.07, 6.45) is 3.36. The predicted octanol–water partition coefficient (Wildman–Crippen LogP) is 2.27. The Hall–Kier alpha value is -1.49. The van der Waals surface area contributed by atoms with Crippen LogP contribution in [0, 0.1) is 11.6 Å². The quantitative estimate of drug-likeness (QED) is 0.921. The van der Waals surface area contributed by atoms with E-state index in [-0.39, 0.29) is 18.9 Å². The molecule has 1 aromatic rings. The summed E-state index contributed by atoms with van der Waals surface area (Å²) in [4.78, 5) is 13.5. The minimum absolute atomic E-state index is 0.00375. The van der Waals surface area contributed by atoms with Crippen molar-refractivity contribution < 1.29 is 18.7 Å². The van der Waals surface area contributed by atoms with E-state index >= 15 is 0 Å². The van der Waals surface area contributed by atoms with E-state index in [1.165, 1.54) is 11.0 Å². The summed E-state index contributed by atoms with van der Waals surface area (Å²) in [5.74, 6) is -2.08. The van der Waals surface area contributed by atoms with Crippen LogP contribution in [0.1, 0.15) is 31.2 Å². The van der Waals surface area contributed by atoms with E-state index < -0.39 is 17.2 Å². The van der Waals surface area contributed by atoms with Gasteiger partial charge in [0.25, 0.3) is 0 Å². The van der Waals surface area contributed by atoms with E-state index in [0.29, 0.717) is 18.4 Å². The van der Waals surface area contributed by atoms with Gasteiger partial charge in [-0.1, -0.05) is 18.9 Å². The van der Waals surface area contributed by atoms with Gasteiger partial charge in [-0.2, -0.15) is 0 Å². The first-order chi connectivity index (χ1) is 9.39. The molecule has 2 rings (SSSR count). The van der Waals surface area contributed by atoms with Gasteiger partial charge in [0.05, 0.1) is 12.0 Å². The van der Waals surface area contributed by atoms with Crippen molar-refractivity contribution in [3.05, 3.63) is 35.4 Å². The summed E-state index contributed by atoms with van der Waals surface area (Å²) in [7, 11) is 1.62. The summed E-state index contributed by atoms with van der Waals surface area (Å²) in [5, 5.41) is 10.3. The van der Waals surface area contributed by atoms with Gasteiger partial charge in [0, 0.05) is 13.6 Å². The normalized spacial score (nSPS) is 17.2. The van der Waals surface area contributed by atoms with Crippen LogP contribution < -0.4 is 0 Å². The second kappa shape index (κ2) is 5.87. The second-order valence-electron chi connectivity index (χ2n) is 5.61. The first-order valence-electron chi connectivity index (χ1n) is 6.80. The summed E-state index contributed by atoms with van der Waals surface area (Å²) in [5.41, 5.74) is -0.363. The Morgan fingerprint density at radius 2 is 1.95 bits per heavy atom. The topological polar surface area (TPSA) is 40.5 Å². The molecule has 0 spiro atoms. The maximum absolute atomic E-state index is 13.1. The van der Waals surface area contributed by atoms with Crippen molar-refractivity contribution in [2.45, 2.75) is 37.7 Å². The number of carbonyl (C=O) groups excluding carboxylic acids is 1. The maximum atomic E-state index is 13.1. The summed E-state index contributed by atoms with van der Waals surface area (Å²) < 4.78 is 25.9. The van der Waals surface area contributed by atoms with Crippen molar-refractivity contribution in [1.82, 2.24) is 4.90 Å². The van der Waals surface area contributed by atoms with Crippen LogP contribution in [0.5, 0.6) is 0 Å². The molecule has 0 atom stereocenters. The van der Waals surface area contributed by atoms with Crippen LogP contribution in [0.3, 0.4) is 0 Å². The molecule has 5 heteroatoms. The third-order valence-electron chi connectivity index (χ3n) is 3.83. The highest BCUT2D eigenvalue weighted by molar-refractivity contribution is 5.78. The van der Waals surface area contributed by atoms with Crippen molar-refractivity contribution >= 4 is 5.91 Å². The standard InChI is InChI=1S/C15H19F2NO2/c1-18(10-15(20)6-2-3-7-15)14(19)9-11-4-5-12(16)13(17)8-11/h4-5,8,20H,2-3,6-7,9-10H2,1H3. The fraction of sp³-hybridized carbons (Fsp3) is 0.533. The van der Waals surface area contributed by atoms with E-state index in [0.717, 1.165) is 25.0 Å². The number of likely N-dealkylation sites (N-methyl/N-ethyl adjacent to an activating group) is 1. The molecule has 0 aromatic heterocycles. The molecule has 1 fully saturated rings. The zero-order chi connectivity index (χ0) is 14.8. The number of benzene rings is 1. The number of hydrogen-bond donors (Lipinski definition) is 1. The number of amides is 1. The number of rotatable bonds is 4. The Bertz CT molecular complexity index is 499. The zero-order valence-electron chi connectivity index (χ0n) is 11.5. The van der Waals surface area contributed by atoms with Crippen molar-refractivity contribution in [2.24, 2.45) is 0 Å². The van der Waals surface area contributed by atoms with Gasteiger partial charge < -0.3 is 10.0 Å². The smallest absolute Gasteiger partial charge is 0.226 e. The minimum atomic E-state index is -0.952. The van der Waals surface area contributed by atoms with E-state index in [1.54, 1.807) is 7.05 Å². The summed E-state index contributed by atoms with van der Waals surface area (Å²) in [6.45, 7) is 0.287. The van der Waals surface area contributed by atoms with Crippen LogP contribution >= 0.6 is 0 Å². The van der Waals surface area contributed by atoms with Gasteiger partial charge in [-0.05, 0) is 30.5 Å². The summed E-state index contributed by atoms with van der Waals surface area (Å²) >= 11 is 0. The number of hydrogen-bond acceptors (Lipinski definition) is 2. The molecule has 3 nitrogen and oxygen atoms in total. The molecule has 1 aromatic carbocycles. The Balaban J connectivity index is 1.95. The molecule has 1 saturated carbocycles. The van der Waals surface area contributed by atoms with Crippen molar-refractivity contribution in [3.63, 3.8) is 0 Å². The molecule has 1 aliphatic carbocycles. The van der Waals surface area contributed by atoms with Crippen LogP contribution in [-0.4, -0.2) is 35.1 Å². The van der Waals surface area contributed by atoms with Crippen LogP contribution in [0.4, 0.5) is 8.78 Å². The average Bonchev–Trinajstić information content (AvgIpc) is 2.80. The van der Waals surface area contributed by atoms with E-state index in [4.69, 9.17) is 0 Å². The first-order valence-corrected chi connectivity index (χ1v) is 6.80. The van der Waals surface area contributed by atoms with Gasteiger partial charge in [-0.3, -0.25) is 4.79 Å². The zero-order valence-corrected chi connectivity index (χ0v) is 11.5. The van der Waals surface area contributed by atoms with Crippen molar-refractivity contribution in [1.29, 1.82) is 0 Å². The number of nitrogens with zero attached hydrogens (tertiary/aromatic N) is 1. The molecule has 110 valence electrons. The molecule has 0 bridgehead atoms. The first kappa shape index (κ1) is 14.9.